The molecular formula is C22H24N4O4S. The number of ether oxygens (including phenoxy) is 2. The molecule has 0 unspecified atom stereocenters. The van der Waals surface area contributed by atoms with Crippen molar-refractivity contribution in [1.29, 1.82) is 0 Å². The maximum Gasteiger partial charge on any atom is 0.243 e. The molecular weight excluding hydrogens is 416 g/mol. The van der Waals surface area contributed by atoms with Gasteiger partial charge in [-0.15, -0.1) is 10.2 Å². The summed E-state index contributed by atoms with van der Waals surface area (Å²) >= 11 is 0. The van der Waals surface area contributed by atoms with Crippen LogP contribution >= 0.6 is 0 Å². The summed E-state index contributed by atoms with van der Waals surface area (Å²) in [5.74, 6) is 1.26. The third kappa shape index (κ3) is 4.53. The smallest absolute Gasteiger partial charge is 0.243 e. The number of hydrogen-bond donors (Lipinski definition) is 1. The van der Waals surface area contributed by atoms with Gasteiger partial charge in [0, 0.05) is 18.7 Å². The molecule has 1 saturated heterocycles. The summed E-state index contributed by atoms with van der Waals surface area (Å²) in [5, 5.41) is 11.7. The van der Waals surface area contributed by atoms with E-state index in [4.69, 9.17) is 9.47 Å². The minimum atomic E-state index is -3.60. The van der Waals surface area contributed by atoms with Gasteiger partial charge in [0.15, 0.2) is 5.82 Å². The van der Waals surface area contributed by atoms with Crippen LogP contribution in [0, 0.1) is 6.92 Å². The number of sulfonamides is 1. The highest BCUT2D eigenvalue weighted by atomic mass is 32.2. The molecule has 4 rings (SSSR count). The summed E-state index contributed by atoms with van der Waals surface area (Å²) in [4.78, 5) is 0.282. The van der Waals surface area contributed by atoms with Crippen molar-refractivity contribution >= 4 is 21.5 Å². The van der Waals surface area contributed by atoms with Gasteiger partial charge in [-0.2, -0.15) is 4.31 Å². The number of para-hydroxylation sites is 2. The van der Waals surface area contributed by atoms with Gasteiger partial charge in [0.05, 0.1) is 36.6 Å². The Morgan fingerprint density at radius 3 is 2.52 bits per heavy atom. The molecule has 0 bridgehead atoms. The summed E-state index contributed by atoms with van der Waals surface area (Å²) in [6, 6.07) is 16.4. The van der Waals surface area contributed by atoms with Gasteiger partial charge in [0.1, 0.15) is 5.75 Å². The number of benzene rings is 2. The van der Waals surface area contributed by atoms with Gasteiger partial charge >= 0.3 is 0 Å². The zero-order valence-corrected chi connectivity index (χ0v) is 18.2. The highest BCUT2D eigenvalue weighted by Gasteiger charge is 2.28. The van der Waals surface area contributed by atoms with Crippen molar-refractivity contribution in [3.8, 4) is 17.0 Å². The molecule has 1 aliphatic rings. The zero-order chi connectivity index (χ0) is 21.8. The van der Waals surface area contributed by atoms with E-state index in [1.165, 1.54) is 4.31 Å². The Morgan fingerprint density at radius 1 is 1.03 bits per heavy atom. The fraction of sp³-hybridized carbons (Fsp3) is 0.273. The Balaban J connectivity index is 1.59. The molecule has 2 heterocycles. The minimum Gasteiger partial charge on any atom is -0.495 e. The lowest BCUT2D eigenvalue weighted by atomic mass is 10.1. The predicted molar refractivity (Wildman–Crippen MR) is 118 cm³/mol. The monoisotopic (exact) mass is 440 g/mol. The normalized spacial score (nSPS) is 14.9. The third-order valence-corrected chi connectivity index (χ3v) is 7.15. The quantitative estimate of drug-likeness (QED) is 0.629. The van der Waals surface area contributed by atoms with E-state index in [-0.39, 0.29) is 4.90 Å². The second-order valence-corrected chi connectivity index (χ2v) is 9.03. The zero-order valence-electron chi connectivity index (χ0n) is 17.4. The molecule has 1 aromatic heterocycles. The molecule has 1 N–H and O–H groups in total. The molecule has 2 aromatic carbocycles. The highest BCUT2D eigenvalue weighted by Crippen LogP contribution is 2.28. The molecule has 0 aliphatic carbocycles. The van der Waals surface area contributed by atoms with Gasteiger partial charge in [0.25, 0.3) is 0 Å². The van der Waals surface area contributed by atoms with Crippen molar-refractivity contribution in [1.82, 2.24) is 14.5 Å². The number of aryl methyl sites for hydroxylation is 1. The van der Waals surface area contributed by atoms with Gasteiger partial charge in [-0.25, -0.2) is 8.42 Å². The molecule has 3 aromatic rings. The molecule has 8 nitrogen and oxygen atoms in total. The maximum atomic E-state index is 13.1. The molecule has 9 heteroatoms. The van der Waals surface area contributed by atoms with Crippen LogP contribution in [-0.2, 0) is 14.8 Å². The Kier molecular flexibility index (Phi) is 6.17. The lowest BCUT2D eigenvalue weighted by Gasteiger charge is -2.26. The maximum absolute atomic E-state index is 13.1. The number of rotatable bonds is 6. The Bertz CT molecular complexity index is 1160. The van der Waals surface area contributed by atoms with Gasteiger partial charge in [0.2, 0.25) is 10.0 Å². The molecule has 0 amide bonds. The third-order valence-electron chi connectivity index (χ3n) is 5.11. The summed E-state index contributed by atoms with van der Waals surface area (Å²) in [7, 11) is -1.99. The number of hydrogen-bond acceptors (Lipinski definition) is 7. The van der Waals surface area contributed by atoms with Crippen molar-refractivity contribution in [2.45, 2.75) is 11.8 Å². The van der Waals surface area contributed by atoms with Gasteiger partial charge in [-0.05, 0) is 42.8 Å². The van der Waals surface area contributed by atoms with Crippen LogP contribution in [0.1, 0.15) is 5.56 Å². The number of aromatic nitrogens is 2. The van der Waals surface area contributed by atoms with E-state index in [2.05, 4.69) is 15.5 Å². The standard InChI is InChI=1S/C22H24N4O4S/c1-16-7-8-17(15-21(16)31(27,28)26-11-13-30-14-12-26)18-9-10-22(25-24-18)23-19-5-3-4-6-20(19)29-2/h3-10,15H,11-14H2,1-2H3,(H,23,25). The Hall–Kier alpha value is -3.01. The summed E-state index contributed by atoms with van der Waals surface area (Å²) < 4.78 is 38.3. The molecule has 1 fully saturated rings. The van der Waals surface area contributed by atoms with E-state index in [0.717, 1.165) is 5.69 Å². The van der Waals surface area contributed by atoms with E-state index in [0.29, 0.717) is 54.7 Å². The molecule has 162 valence electrons. The van der Waals surface area contributed by atoms with E-state index in [1.807, 2.05) is 30.3 Å². The first-order valence-electron chi connectivity index (χ1n) is 9.92. The lowest BCUT2D eigenvalue weighted by Crippen LogP contribution is -2.40. The van der Waals surface area contributed by atoms with Crippen LogP contribution < -0.4 is 10.1 Å². The van der Waals surface area contributed by atoms with Gasteiger partial charge in [-0.1, -0.05) is 24.3 Å². The van der Waals surface area contributed by atoms with E-state index in [1.54, 1.807) is 38.3 Å². The number of anilines is 2. The average Bonchev–Trinajstić information content (AvgIpc) is 2.81. The number of methoxy groups -OCH3 is 1. The van der Waals surface area contributed by atoms with E-state index < -0.39 is 10.0 Å². The number of nitrogens with zero attached hydrogens (tertiary/aromatic N) is 3. The first-order chi connectivity index (χ1) is 15.0. The average molecular weight is 441 g/mol. The Morgan fingerprint density at radius 2 is 1.81 bits per heavy atom. The second kappa shape index (κ2) is 9.01. The second-order valence-electron chi connectivity index (χ2n) is 7.13. The highest BCUT2D eigenvalue weighted by molar-refractivity contribution is 7.89. The summed E-state index contributed by atoms with van der Waals surface area (Å²) in [6.45, 7) is 3.32. The van der Waals surface area contributed by atoms with Crippen LogP contribution in [0.5, 0.6) is 5.75 Å². The fourth-order valence-electron chi connectivity index (χ4n) is 3.40. The Labute approximate surface area is 181 Å². The van der Waals surface area contributed by atoms with Crippen LogP contribution in [0.2, 0.25) is 0 Å². The molecule has 0 atom stereocenters. The molecule has 1 aliphatic heterocycles. The summed E-state index contributed by atoms with van der Waals surface area (Å²) in [5.41, 5.74) is 2.75. The first kappa shape index (κ1) is 21.2. The van der Waals surface area contributed by atoms with Gasteiger partial charge in [-0.3, -0.25) is 0 Å². The molecule has 0 spiro atoms. The summed E-state index contributed by atoms with van der Waals surface area (Å²) in [6.07, 6.45) is 0. The lowest BCUT2D eigenvalue weighted by molar-refractivity contribution is 0.0730. The van der Waals surface area contributed by atoms with E-state index in [9.17, 15) is 8.42 Å². The number of nitrogens with one attached hydrogen (secondary N) is 1. The van der Waals surface area contributed by atoms with Crippen molar-refractivity contribution in [2.24, 2.45) is 0 Å². The van der Waals surface area contributed by atoms with Crippen LogP contribution in [0.15, 0.2) is 59.5 Å². The molecule has 31 heavy (non-hydrogen) atoms. The largest absolute Gasteiger partial charge is 0.495 e. The van der Waals surface area contributed by atoms with E-state index >= 15 is 0 Å². The predicted octanol–water partition coefficient (Wildman–Crippen LogP) is 3.23. The molecule has 0 saturated carbocycles. The molecule has 0 radical (unpaired) electrons. The minimum absolute atomic E-state index is 0.282. The van der Waals surface area contributed by atoms with Crippen molar-refractivity contribution in [3.63, 3.8) is 0 Å². The SMILES string of the molecule is COc1ccccc1Nc1ccc(-c2ccc(C)c(S(=O)(=O)N3CCOCC3)c2)nn1. The van der Waals surface area contributed by atoms with Crippen LogP contribution in [0.4, 0.5) is 11.5 Å². The van der Waals surface area contributed by atoms with Crippen LogP contribution in [0.25, 0.3) is 11.3 Å². The van der Waals surface area contributed by atoms with Crippen molar-refractivity contribution in [3.05, 3.63) is 60.2 Å². The van der Waals surface area contributed by atoms with Crippen LogP contribution in [-0.4, -0.2) is 56.3 Å². The topological polar surface area (TPSA) is 93.7 Å². The fourth-order valence-corrected chi connectivity index (χ4v) is 5.06. The van der Waals surface area contributed by atoms with Gasteiger partial charge < -0.3 is 14.8 Å². The van der Waals surface area contributed by atoms with Crippen molar-refractivity contribution in [2.75, 3.05) is 38.7 Å². The van der Waals surface area contributed by atoms with Crippen molar-refractivity contribution < 1.29 is 17.9 Å². The number of morpholine rings is 1. The first-order valence-corrected chi connectivity index (χ1v) is 11.4. The van der Waals surface area contributed by atoms with Crippen LogP contribution in [0.3, 0.4) is 0 Å².